The molecule has 1 aromatic heterocycles. The average Bonchev–Trinajstić information content (AvgIpc) is 2.04. The number of hydrogen-bond donors (Lipinski definition) is 2. The van der Waals surface area contributed by atoms with Gasteiger partial charge in [0.15, 0.2) is 0 Å². The lowest BCUT2D eigenvalue weighted by Gasteiger charge is -2.02. The maximum Gasteiger partial charge on any atom is 0.143 e. The van der Waals surface area contributed by atoms with Gasteiger partial charge in [0.25, 0.3) is 0 Å². The molecular formula is C6H7ClN4. The number of anilines is 1. The molecule has 0 saturated carbocycles. The Morgan fingerprint density at radius 2 is 2.36 bits per heavy atom. The van der Waals surface area contributed by atoms with Crippen LogP contribution in [0.4, 0.5) is 5.82 Å². The minimum atomic E-state index is 0.291. The zero-order chi connectivity index (χ0) is 8.27. The van der Waals surface area contributed by atoms with Crippen molar-refractivity contribution in [2.45, 2.75) is 0 Å². The van der Waals surface area contributed by atoms with Crippen LogP contribution in [-0.2, 0) is 0 Å². The van der Waals surface area contributed by atoms with Gasteiger partial charge in [-0.2, -0.15) is 0 Å². The van der Waals surface area contributed by atoms with E-state index in [1.54, 1.807) is 7.05 Å². The van der Waals surface area contributed by atoms with E-state index in [1.165, 1.54) is 6.33 Å². The van der Waals surface area contributed by atoms with Crippen LogP contribution < -0.4 is 5.32 Å². The minimum Gasteiger partial charge on any atom is -0.372 e. The molecule has 0 saturated heterocycles. The molecule has 0 aromatic carbocycles. The van der Waals surface area contributed by atoms with Gasteiger partial charge in [-0.1, -0.05) is 11.6 Å². The van der Waals surface area contributed by atoms with Crippen molar-refractivity contribution in [3.05, 3.63) is 17.0 Å². The molecule has 0 spiro atoms. The second-order valence-corrected chi connectivity index (χ2v) is 2.18. The molecule has 5 heteroatoms. The molecule has 2 N–H and O–H groups in total. The zero-order valence-corrected chi connectivity index (χ0v) is 6.68. The van der Waals surface area contributed by atoms with Crippen molar-refractivity contribution in [2.75, 3.05) is 12.4 Å². The van der Waals surface area contributed by atoms with Crippen LogP contribution in [0.1, 0.15) is 5.56 Å². The summed E-state index contributed by atoms with van der Waals surface area (Å²) < 4.78 is 0. The number of nitrogens with zero attached hydrogens (tertiary/aromatic N) is 2. The Balaban J connectivity index is 3.24. The van der Waals surface area contributed by atoms with Gasteiger partial charge in [-0.05, 0) is 0 Å². The molecule has 0 atom stereocenters. The fourth-order valence-corrected chi connectivity index (χ4v) is 0.889. The standard InChI is InChI=1S/C6H7ClN4/c1-9-6-4(2-8)5(7)10-3-11-6/h2-3,8H,1H3,(H,9,10,11). The third-order valence-corrected chi connectivity index (χ3v) is 1.52. The minimum absolute atomic E-state index is 0.291. The molecule has 0 radical (unpaired) electrons. The third-order valence-electron chi connectivity index (χ3n) is 1.22. The first-order valence-corrected chi connectivity index (χ1v) is 3.36. The van der Waals surface area contributed by atoms with E-state index >= 15 is 0 Å². The van der Waals surface area contributed by atoms with Crippen molar-refractivity contribution in [1.29, 1.82) is 5.41 Å². The molecule has 0 aliphatic carbocycles. The normalized spacial score (nSPS) is 9.27. The van der Waals surface area contributed by atoms with Crippen molar-refractivity contribution >= 4 is 23.6 Å². The van der Waals surface area contributed by atoms with E-state index in [0.717, 1.165) is 6.21 Å². The zero-order valence-electron chi connectivity index (χ0n) is 5.93. The van der Waals surface area contributed by atoms with Crippen LogP contribution in [0.15, 0.2) is 6.33 Å². The summed E-state index contributed by atoms with van der Waals surface area (Å²) in [5, 5.41) is 10.1. The predicted octanol–water partition coefficient (Wildman–Crippen LogP) is 1.17. The van der Waals surface area contributed by atoms with Crippen LogP contribution in [0.5, 0.6) is 0 Å². The van der Waals surface area contributed by atoms with Gasteiger partial charge in [-0.15, -0.1) is 0 Å². The van der Waals surface area contributed by atoms with E-state index in [-0.39, 0.29) is 0 Å². The van der Waals surface area contributed by atoms with Crippen LogP contribution >= 0.6 is 11.6 Å². The van der Waals surface area contributed by atoms with Crippen molar-refractivity contribution in [3.63, 3.8) is 0 Å². The molecule has 0 bridgehead atoms. The second kappa shape index (κ2) is 3.30. The molecular weight excluding hydrogens is 164 g/mol. The largest absolute Gasteiger partial charge is 0.372 e. The molecule has 4 nitrogen and oxygen atoms in total. The Morgan fingerprint density at radius 3 is 2.82 bits per heavy atom. The van der Waals surface area contributed by atoms with E-state index in [9.17, 15) is 0 Å². The van der Waals surface area contributed by atoms with Crippen molar-refractivity contribution in [2.24, 2.45) is 0 Å². The lowest BCUT2D eigenvalue weighted by atomic mass is 10.3. The predicted molar refractivity (Wildman–Crippen MR) is 44.5 cm³/mol. The van der Waals surface area contributed by atoms with E-state index in [2.05, 4.69) is 15.3 Å². The maximum atomic E-state index is 7.00. The highest BCUT2D eigenvalue weighted by Gasteiger charge is 2.03. The summed E-state index contributed by atoms with van der Waals surface area (Å²) >= 11 is 5.67. The first-order chi connectivity index (χ1) is 5.29. The number of rotatable bonds is 2. The summed E-state index contributed by atoms with van der Waals surface area (Å²) in [6.45, 7) is 0. The summed E-state index contributed by atoms with van der Waals surface area (Å²) in [6.07, 6.45) is 2.47. The molecule has 11 heavy (non-hydrogen) atoms. The summed E-state index contributed by atoms with van der Waals surface area (Å²) in [7, 11) is 1.71. The van der Waals surface area contributed by atoms with Crippen LogP contribution in [0.2, 0.25) is 5.15 Å². The van der Waals surface area contributed by atoms with Gasteiger partial charge in [-0.3, -0.25) is 0 Å². The van der Waals surface area contributed by atoms with E-state index < -0.39 is 0 Å². The van der Waals surface area contributed by atoms with Gasteiger partial charge in [0.05, 0.1) is 5.56 Å². The summed E-state index contributed by atoms with van der Waals surface area (Å²) in [5.74, 6) is 0.569. The lowest BCUT2D eigenvalue weighted by Crippen LogP contribution is -1.99. The molecule has 0 amide bonds. The molecule has 0 fully saturated rings. The molecule has 58 valence electrons. The van der Waals surface area contributed by atoms with Crippen LogP contribution in [0.25, 0.3) is 0 Å². The van der Waals surface area contributed by atoms with Gasteiger partial charge in [0.2, 0.25) is 0 Å². The van der Waals surface area contributed by atoms with Gasteiger partial charge >= 0.3 is 0 Å². The molecule has 1 aromatic rings. The van der Waals surface area contributed by atoms with Crippen molar-refractivity contribution < 1.29 is 0 Å². The highest BCUT2D eigenvalue weighted by Crippen LogP contribution is 2.15. The Morgan fingerprint density at radius 1 is 1.64 bits per heavy atom. The lowest BCUT2D eigenvalue weighted by molar-refractivity contribution is 1.15. The molecule has 0 unspecified atom stereocenters. The first-order valence-electron chi connectivity index (χ1n) is 2.98. The van der Waals surface area contributed by atoms with E-state index in [1.807, 2.05) is 0 Å². The van der Waals surface area contributed by atoms with E-state index in [4.69, 9.17) is 17.0 Å². The second-order valence-electron chi connectivity index (χ2n) is 1.82. The molecule has 0 aliphatic heterocycles. The fraction of sp³-hybridized carbons (Fsp3) is 0.167. The summed E-state index contributed by atoms with van der Waals surface area (Å²) in [5.41, 5.74) is 0.511. The Kier molecular flexibility index (Phi) is 2.38. The number of halogens is 1. The quantitative estimate of drug-likeness (QED) is 0.518. The highest BCUT2D eigenvalue weighted by molar-refractivity contribution is 6.32. The van der Waals surface area contributed by atoms with Gasteiger partial charge < -0.3 is 10.7 Å². The van der Waals surface area contributed by atoms with Crippen molar-refractivity contribution in [1.82, 2.24) is 9.97 Å². The fourth-order valence-electron chi connectivity index (χ4n) is 0.701. The van der Waals surface area contributed by atoms with Gasteiger partial charge in [0, 0.05) is 13.3 Å². The maximum absolute atomic E-state index is 7.00. The van der Waals surface area contributed by atoms with Crippen LogP contribution in [-0.4, -0.2) is 23.2 Å². The Labute approximate surface area is 69.1 Å². The third kappa shape index (κ3) is 1.46. The van der Waals surface area contributed by atoms with Gasteiger partial charge in [-0.25, -0.2) is 9.97 Å². The summed E-state index contributed by atoms with van der Waals surface area (Å²) in [6, 6.07) is 0. The van der Waals surface area contributed by atoms with Crippen LogP contribution in [0, 0.1) is 5.41 Å². The number of aromatic nitrogens is 2. The highest BCUT2D eigenvalue weighted by atomic mass is 35.5. The molecule has 1 heterocycles. The number of hydrogen-bond acceptors (Lipinski definition) is 4. The van der Waals surface area contributed by atoms with Gasteiger partial charge in [0.1, 0.15) is 17.3 Å². The number of nitrogens with one attached hydrogen (secondary N) is 2. The molecule has 0 aliphatic rings. The van der Waals surface area contributed by atoms with Crippen LogP contribution in [0.3, 0.4) is 0 Å². The topological polar surface area (TPSA) is 61.7 Å². The van der Waals surface area contributed by atoms with E-state index in [0.29, 0.717) is 16.5 Å². The first kappa shape index (κ1) is 7.94. The average molecular weight is 171 g/mol. The Hall–Kier alpha value is -1.16. The summed E-state index contributed by atoms with van der Waals surface area (Å²) in [4.78, 5) is 7.59. The molecule has 1 rings (SSSR count). The van der Waals surface area contributed by atoms with Crippen molar-refractivity contribution in [3.8, 4) is 0 Å². The smallest absolute Gasteiger partial charge is 0.143 e. The monoisotopic (exact) mass is 170 g/mol. The Bertz CT molecular complexity index is 273. The SMILES string of the molecule is CNc1ncnc(Cl)c1C=N.